The number of benzene rings is 2. The van der Waals surface area contributed by atoms with Gasteiger partial charge in [-0.2, -0.15) is 0 Å². The summed E-state index contributed by atoms with van der Waals surface area (Å²) in [5, 5.41) is 6.04. The van der Waals surface area contributed by atoms with Gasteiger partial charge in [-0.05, 0) is 77.9 Å². The minimum absolute atomic E-state index is 0.0442. The average Bonchev–Trinajstić information content (AvgIpc) is 2.42. The average molecular weight is 380 g/mol. The second-order valence-corrected chi connectivity index (χ2v) is 5.97. The molecule has 2 N–H and O–H groups in total. The molecule has 0 radical (unpaired) electrons. The number of hydrogen-bond donors (Lipinski definition) is 2. The van der Waals surface area contributed by atoms with Gasteiger partial charge in [0.1, 0.15) is 0 Å². The van der Waals surface area contributed by atoms with Crippen molar-refractivity contribution < 1.29 is 4.79 Å². The summed E-state index contributed by atoms with van der Waals surface area (Å²) in [4.78, 5) is 11.9. The maximum Gasteiger partial charge on any atom is 0.243 e. The molecule has 2 aromatic carbocycles. The molecule has 20 heavy (non-hydrogen) atoms. The van der Waals surface area contributed by atoms with Crippen LogP contribution in [0.4, 0.5) is 11.4 Å². The van der Waals surface area contributed by atoms with Crippen LogP contribution in [0.1, 0.15) is 11.1 Å². The van der Waals surface area contributed by atoms with E-state index in [2.05, 4.69) is 33.2 Å². The van der Waals surface area contributed by atoms with Crippen molar-refractivity contribution in [3.8, 4) is 0 Å². The molecular formula is C16H17IN2O. The van der Waals surface area contributed by atoms with Crippen LogP contribution in [0.5, 0.6) is 0 Å². The highest BCUT2D eigenvalue weighted by atomic mass is 127. The normalized spacial score (nSPS) is 10.2. The summed E-state index contributed by atoms with van der Waals surface area (Å²) in [6, 6.07) is 14.0. The van der Waals surface area contributed by atoms with Gasteiger partial charge in [0.15, 0.2) is 0 Å². The molecule has 4 heteroatoms. The van der Waals surface area contributed by atoms with Gasteiger partial charge in [0, 0.05) is 14.9 Å². The van der Waals surface area contributed by atoms with E-state index in [0.717, 1.165) is 22.5 Å². The lowest BCUT2D eigenvalue weighted by atomic mass is 10.1. The van der Waals surface area contributed by atoms with E-state index in [9.17, 15) is 4.79 Å². The molecule has 0 aliphatic carbocycles. The van der Waals surface area contributed by atoms with E-state index in [1.54, 1.807) is 0 Å². The third-order valence-electron chi connectivity index (χ3n) is 2.96. The Balaban J connectivity index is 1.92. The molecular weight excluding hydrogens is 363 g/mol. The van der Waals surface area contributed by atoms with Gasteiger partial charge in [-0.3, -0.25) is 4.79 Å². The molecule has 0 heterocycles. The first-order chi connectivity index (χ1) is 9.54. The Morgan fingerprint density at radius 2 is 1.80 bits per heavy atom. The Hall–Kier alpha value is -1.56. The molecule has 0 unspecified atom stereocenters. The van der Waals surface area contributed by atoms with Crippen molar-refractivity contribution >= 4 is 39.9 Å². The molecule has 0 atom stereocenters. The fourth-order valence-corrected chi connectivity index (χ4v) is 2.17. The summed E-state index contributed by atoms with van der Waals surface area (Å²) in [5.74, 6) is -0.0442. The van der Waals surface area contributed by atoms with Gasteiger partial charge in [0.05, 0.1) is 6.54 Å². The molecule has 104 valence electrons. The summed E-state index contributed by atoms with van der Waals surface area (Å²) < 4.78 is 1.17. The Bertz CT molecular complexity index is 608. The Morgan fingerprint density at radius 1 is 1.10 bits per heavy atom. The first-order valence-electron chi connectivity index (χ1n) is 6.41. The maximum absolute atomic E-state index is 11.9. The molecule has 3 nitrogen and oxygen atoms in total. The van der Waals surface area contributed by atoms with Gasteiger partial charge in [-0.1, -0.05) is 12.1 Å². The lowest BCUT2D eigenvalue weighted by Crippen LogP contribution is -2.22. The fraction of sp³-hybridized carbons (Fsp3) is 0.188. The van der Waals surface area contributed by atoms with E-state index in [1.165, 1.54) is 3.57 Å². The van der Waals surface area contributed by atoms with Crippen LogP contribution in [-0.4, -0.2) is 12.5 Å². The topological polar surface area (TPSA) is 41.1 Å². The monoisotopic (exact) mass is 380 g/mol. The molecule has 0 saturated carbocycles. The van der Waals surface area contributed by atoms with E-state index in [0.29, 0.717) is 0 Å². The van der Waals surface area contributed by atoms with Crippen LogP contribution >= 0.6 is 22.6 Å². The highest BCUT2D eigenvalue weighted by Crippen LogP contribution is 2.16. The Morgan fingerprint density at radius 3 is 2.50 bits per heavy atom. The van der Waals surface area contributed by atoms with Crippen molar-refractivity contribution in [2.45, 2.75) is 13.8 Å². The van der Waals surface area contributed by atoms with Crippen molar-refractivity contribution in [1.29, 1.82) is 0 Å². The molecule has 2 aromatic rings. The molecule has 1 amide bonds. The van der Waals surface area contributed by atoms with Crippen LogP contribution in [0.3, 0.4) is 0 Å². The van der Waals surface area contributed by atoms with Crippen LogP contribution in [0.2, 0.25) is 0 Å². The third kappa shape index (κ3) is 4.23. The number of rotatable bonds is 4. The van der Waals surface area contributed by atoms with E-state index >= 15 is 0 Å². The van der Waals surface area contributed by atoms with Crippen LogP contribution in [0, 0.1) is 17.4 Å². The molecule has 2 rings (SSSR count). The summed E-state index contributed by atoms with van der Waals surface area (Å²) in [6.07, 6.45) is 0. The van der Waals surface area contributed by atoms with Crippen molar-refractivity contribution in [1.82, 2.24) is 0 Å². The van der Waals surface area contributed by atoms with E-state index in [-0.39, 0.29) is 12.5 Å². The van der Waals surface area contributed by atoms with Gasteiger partial charge in [-0.25, -0.2) is 0 Å². The zero-order chi connectivity index (χ0) is 14.5. The highest BCUT2D eigenvalue weighted by Gasteiger charge is 2.05. The first-order valence-corrected chi connectivity index (χ1v) is 7.49. The summed E-state index contributed by atoms with van der Waals surface area (Å²) >= 11 is 2.25. The van der Waals surface area contributed by atoms with E-state index in [1.807, 2.05) is 56.3 Å². The van der Waals surface area contributed by atoms with Crippen molar-refractivity contribution in [2.75, 3.05) is 17.2 Å². The van der Waals surface area contributed by atoms with E-state index < -0.39 is 0 Å². The van der Waals surface area contributed by atoms with Crippen molar-refractivity contribution in [2.24, 2.45) is 0 Å². The number of aryl methyl sites for hydroxylation is 2. The summed E-state index contributed by atoms with van der Waals surface area (Å²) in [7, 11) is 0. The Labute approximate surface area is 132 Å². The zero-order valence-corrected chi connectivity index (χ0v) is 13.7. The van der Waals surface area contributed by atoms with Crippen molar-refractivity contribution in [3.63, 3.8) is 0 Å². The second-order valence-electron chi connectivity index (χ2n) is 4.73. The van der Waals surface area contributed by atoms with Gasteiger partial charge >= 0.3 is 0 Å². The quantitative estimate of drug-likeness (QED) is 0.789. The molecule has 0 saturated heterocycles. The number of halogens is 1. The van der Waals surface area contributed by atoms with Crippen LogP contribution in [0.15, 0.2) is 42.5 Å². The Kier molecular flexibility index (Phi) is 5.00. The number of hydrogen-bond acceptors (Lipinski definition) is 2. The largest absolute Gasteiger partial charge is 0.376 e. The van der Waals surface area contributed by atoms with Crippen LogP contribution in [0.25, 0.3) is 0 Å². The highest BCUT2D eigenvalue weighted by molar-refractivity contribution is 14.1. The standard InChI is InChI=1S/C16H17IN2O/c1-11-3-4-12(2)15(9-11)19-16(20)10-18-14-7-5-13(17)6-8-14/h3-9,18H,10H2,1-2H3,(H,19,20). The predicted octanol–water partition coefficient (Wildman–Crippen LogP) is 3.96. The number of carbonyl (C=O) groups excluding carboxylic acids is 1. The number of amides is 1. The molecule has 0 aliphatic heterocycles. The number of anilines is 2. The zero-order valence-electron chi connectivity index (χ0n) is 11.5. The smallest absolute Gasteiger partial charge is 0.243 e. The molecule has 0 aromatic heterocycles. The van der Waals surface area contributed by atoms with Gasteiger partial charge in [0.25, 0.3) is 0 Å². The molecule has 0 bridgehead atoms. The predicted molar refractivity (Wildman–Crippen MR) is 92.2 cm³/mol. The van der Waals surface area contributed by atoms with Gasteiger partial charge in [0.2, 0.25) is 5.91 Å². The van der Waals surface area contributed by atoms with Crippen molar-refractivity contribution in [3.05, 3.63) is 57.2 Å². The van der Waals surface area contributed by atoms with Crippen LogP contribution in [-0.2, 0) is 4.79 Å². The molecule has 0 aliphatic rings. The third-order valence-corrected chi connectivity index (χ3v) is 3.68. The summed E-state index contributed by atoms with van der Waals surface area (Å²) in [5.41, 5.74) is 4.02. The number of nitrogens with one attached hydrogen (secondary N) is 2. The molecule has 0 spiro atoms. The maximum atomic E-state index is 11.9. The van der Waals surface area contributed by atoms with Gasteiger partial charge in [-0.15, -0.1) is 0 Å². The number of carbonyl (C=O) groups is 1. The summed E-state index contributed by atoms with van der Waals surface area (Å²) in [6.45, 7) is 4.26. The van der Waals surface area contributed by atoms with Crippen LogP contribution < -0.4 is 10.6 Å². The molecule has 0 fully saturated rings. The van der Waals surface area contributed by atoms with E-state index in [4.69, 9.17) is 0 Å². The minimum Gasteiger partial charge on any atom is -0.376 e. The first kappa shape index (κ1) is 14.8. The minimum atomic E-state index is -0.0442. The fourth-order valence-electron chi connectivity index (χ4n) is 1.81. The lowest BCUT2D eigenvalue weighted by Gasteiger charge is -2.10. The van der Waals surface area contributed by atoms with Gasteiger partial charge < -0.3 is 10.6 Å². The lowest BCUT2D eigenvalue weighted by molar-refractivity contribution is -0.114. The SMILES string of the molecule is Cc1ccc(C)c(NC(=O)CNc2ccc(I)cc2)c1. The second kappa shape index (κ2) is 6.74.